The Balaban J connectivity index is 2.33. The van der Waals surface area contributed by atoms with Crippen LogP contribution in [0.5, 0.6) is 0 Å². The van der Waals surface area contributed by atoms with Crippen molar-refractivity contribution >= 4 is 17.0 Å². The Bertz CT molecular complexity index is 480. The fourth-order valence-corrected chi connectivity index (χ4v) is 1.70. The molecule has 78 valence electrons. The van der Waals surface area contributed by atoms with Gasteiger partial charge in [-0.05, 0) is 36.0 Å². The lowest BCUT2D eigenvalue weighted by Crippen LogP contribution is -1.94. The molecular weight excluding hydrogens is 184 g/mol. The summed E-state index contributed by atoms with van der Waals surface area (Å²) in [4.78, 5) is 0. The first-order valence-electron chi connectivity index (χ1n) is 5.23. The molecule has 1 heterocycles. The van der Waals surface area contributed by atoms with E-state index in [4.69, 9.17) is 5.73 Å². The summed E-state index contributed by atoms with van der Waals surface area (Å²) < 4.78 is 2.13. The largest absolute Gasteiger partial charge is 0.351 e. The second kappa shape index (κ2) is 4.32. The van der Waals surface area contributed by atoms with Gasteiger partial charge in [0.05, 0.1) is 0 Å². The third-order valence-electron chi connectivity index (χ3n) is 2.56. The van der Waals surface area contributed by atoms with Gasteiger partial charge >= 0.3 is 0 Å². The zero-order chi connectivity index (χ0) is 10.7. The highest BCUT2D eigenvalue weighted by molar-refractivity contribution is 5.82. The molecule has 1 aromatic heterocycles. The monoisotopic (exact) mass is 200 g/mol. The van der Waals surface area contributed by atoms with E-state index in [1.807, 2.05) is 0 Å². The number of nitrogens with two attached hydrogens (primary N) is 1. The molecule has 2 aromatic rings. The van der Waals surface area contributed by atoms with Gasteiger partial charge in [0.15, 0.2) is 0 Å². The number of fused-ring (bicyclic) bond motifs is 1. The molecule has 0 amide bonds. The van der Waals surface area contributed by atoms with Crippen LogP contribution in [-0.4, -0.2) is 11.1 Å². The van der Waals surface area contributed by atoms with Crippen molar-refractivity contribution in [2.24, 2.45) is 12.8 Å². The van der Waals surface area contributed by atoms with Gasteiger partial charge in [-0.3, -0.25) is 0 Å². The molecule has 0 aliphatic carbocycles. The molecule has 2 N–H and O–H groups in total. The van der Waals surface area contributed by atoms with Gasteiger partial charge in [-0.25, -0.2) is 0 Å². The van der Waals surface area contributed by atoms with Crippen molar-refractivity contribution in [2.75, 3.05) is 6.54 Å². The molecule has 2 heteroatoms. The molecule has 0 fully saturated rings. The number of aryl methyl sites for hydroxylation is 1. The number of hydrogen-bond donors (Lipinski definition) is 1. The van der Waals surface area contributed by atoms with Crippen molar-refractivity contribution in [1.29, 1.82) is 0 Å². The quantitative estimate of drug-likeness (QED) is 0.811. The summed E-state index contributed by atoms with van der Waals surface area (Å²) in [7, 11) is 2.07. The molecule has 0 aliphatic heterocycles. The van der Waals surface area contributed by atoms with Crippen LogP contribution >= 0.6 is 0 Å². The van der Waals surface area contributed by atoms with Crippen molar-refractivity contribution < 1.29 is 0 Å². The lowest BCUT2D eigenvalue weighted by molar-refractivity contribution is 0.969. The SMILES string of the molecule is Cn1ccc2ccc(/C=C/CCN)cc21. The van der Waals surface area contributed by atoms with Gasteiger partial charge in [0.2, 0.25) is 0 Å². The zero-order valence-electron chi connectivity index (χ0n) is 8.98. The number of aromatic nitrogens is 1. The van der Waals surface area contributed by atoms with Crippen LogP contribution in [0.4, 0.5) is 0 Å². The van der Waals surface area contributed by atoms with Crippen LogP contribution in [0.15, 0.2) is 36.5 Å². The van der Waals surface area contributed by atoms with Gasteiger partial charge in [-0.2, -0.15) is 0 Å². The average Bonchev–Trinajstić information content (AvgIpc) is 2.61. The fraction of sp³-hybridized carbons (Fsp3) is 0.231. The summed E-state index contributed by atoms with van der Waals surface area (Å²) in [6.45, 7) is 0.711. The summed E-state index contributed by atoms with van der Waals surface area (Å²) in [5.41, 5.74) is 7.94. The highest BCUT2D eigenvalue weighted by atomic mass is 14.9. The van der Waals surface area contributed by atoms with E-state index in [0.29, 0.717) is 6.54 Å². The molecule has 0 saturated heterocycles. The Morgan fingerprint density at radius 2 is 2.20 bits per heavy atom. The molecule has 2 rings (SSSR count). The normalized spacial score (nSPS) is 11.6. The van der Waals surface area contributed by atoms with Crippen molar-refractivity contribution in [3.8, 4) is 0 Å². The standard InChI is InChI=1S/C13H16N2/c1-15-9-7-12-6-5-11(10-13(12)15)4-2-3-8-14/h2,4-7,9-10H,3,8,14H2,1H3/b4-2+. The van der Waals surface area contributed by atoms with E-state index in [1.165, 1.54) is 16.5 Å². The molecular formula is C13H16N2. The van der Waals surface area contributed by atoms with Gasteiger partial charge in [0.25, 0.3) is 0 Å². The molecule has 15 heavy (non-hydrogen) atoms. The van der Waals surface area contributed by atoms with Crippen molar-refractivity contribution in [1.82, 2.24) is 4.57 Å². The second-order valence-electron chi connectivity index (χ2n) is 3.72. The van der Waals surface area contributed by atoms with Gasteiger partial charge in [0.1, 0.15) is 0 Å². The van der Waals surface area contributed by atoms with E-state index in [9.17, 15) is 0 Å². The van der Waals surface area contributed by atoms with Gasteiger partial charge in [0, 0.05) is 18.8 Å². The Morgan fingerprint density at radius 1 is 1.33 bits per heavy atom. The van der Waals surface area contributed by atoms with Crippen molar-refractivity contribution in [3.63, 3.8) is 0 Å². The van der Waals surface area contributed by atoms with Crippen LogP contribution in [0, 0.1) is 0 Å². The smallest absolute Gasteiger partial charge is 0.0483 e. The number of rotatable bonds is 3. The maximum Gasteiger partial charge on any atom is 0.0483 e. The van der Waals surface area contributed by atoms with Gasteiger partial charge < -0.3 is 10.3 Å². The van der Waals surface area contributed by atoms with E-state index in [0.717, 1.165) is 6.42 Å². The van der Waals surface area contributed by atoms with Crippen molar-refractivity contribution in [3.05, 3.63) is 42.1 Å². The lowest BCUT2D eigenvalue weighted by atomic mass is 10.1. The summed E-state index contributed by atoms with van der Waals surface area (Å²) in [5.74, 6) is 0. The van der Waals surface area contributed by atoms with E-state index in [-0.39, 0.29) is 0 Å². The van der Waals surface area contributed by atoms with E-state index in [2.05, 4.69) is 54.2 Å². The summed E-state index contributed by atoms with van der Waals surface area (Å²) in [5, 5.41) is 1.29. The maximum absolute atomic E-state index is 5.44. The topological polar surface area (TPSA) is 30.9 Å². The van der Waals surface area contributed by atoms with Crippen LogP contribution in [0.1, 0.15) is 12.0 Å². The third-order valence-corrected chi connectivity index (χ3v) is 2.56. The highest BCUT2D eigenvalue weighted by Gasteiger charge is 1.97. The molecule has 0 radical (unpaired) electrons. The van der Waals surface area contributed by atoms with Crippen LogP contribution < -0.4 is 5.73 Å². The molecule has 0 saturated carbocycles. The maximum atomic E-state index is 5.44. The van der Waals surface area contributed by atoms with E-state index < -0.39 is 0 Å². The minimum Gasteiger partial charge on any atom is -0.351 e. The fourth-order valence-electron chi connectivity index (χ4n) is 1.70. The molecule has 1 aromatic carbocycles. The van der Waals surface area contributed by atoms with Crippen molar-refractivity contribution in [2.45, 2.75) is 6.42 Å². The molecule has 0 atom stereocenters. The molecule has 0 aliphatic rings. The predicted molar refractivity (Wildman–Crippen MR) is 65.6 cm³/mol. The third kappa shape index (κ3) is 2.10. The first kappa shape index (κ1) is 9.99. The van der Waals surface area contributed by atoms with Crippen LogP contribution in [-0.2, 0) is 7.05 Å². The summed E-state index contributed by atoms with van der Waals surface area (Å²) >= 11 is 0. The number of nitrogens with zero attached hydrogens (tertiary/aromatic N) is 1. The van der Waals surface area contributed by atoms with Gasteiger partial charge in [-0.15, -0.1) is 0 Å². The number of hydrogen-bond acceptors (Lipinski definition) is 1. The second-order valence-corrected chi connectivity index (χ2v) is 3.72. The Hall–Kier alpha value is -1.54. The lowest BCUT2D eigenvalue weighted by Gasteiger charge is -1.98. The summed E-state index contributed by atoms with van der Waals surface area (Å²) in [6, 6.07) is 8.61. The highest BCUT2D eigenvalue weighted by Crippen LogP contribution is 2.17. The van der Waals surface area contributed by atoms with Crippen LogP contribution in [0.25, 0.3) is 17.0 Å². The van der Waals surface area contributed by atoms with Gasteiger partial charge in [-0.1, -0.05) is 24.3 Å². The average molecular weight is 200 g/mol. The molecule has 0 unspecified atom stereocenters. The first-order valence-corrected chi connectivity index (χ1v) is 5.23. The van der Waals surface area contributed by atoms with Crippen LogP contribution in [0.2, 0.25) is 0 Å². The van der Waals surface area contributed by atoms with E-state index in [1.54, 1.807) is 0 Å². The number of benzene rings is 1. The predicted octanol–water partition coefficient (Wildman–Crippen LogP) is 2.54. The Labute approximate surface area is 90.0 Å². The minimum atomic E-state index is 0.711. The first-order chi connectivity index (χ1) is 7.31. The molecule has 0 bridgehead atoms. The Kier molecular flexibility index (Phi) is 2.88. The molecule has 2 nitrogen and oxygen atoms in total. The minimum absolute atomic E-state index is 0.711. The Morgan fingerprint density at radius 3 is 3.00 bits per heavy atom. The summed E-state index contributed by atoms with van der Waals surface area (Å²) in [6.07, 6.45) is 7.26. The zero-order valence-corrected chi connectivity index (χ0v) is 8.98. The van der Waals surface area contributed by atoms with E-state index >= 15 is 0 Å². The molecule has 0 spiro atoms. The van der Waals surface area contributed by atoms with Crippen LogP contribution in [0.3, 0.4) is 0 Å².